The fraction of sp³-hybridized carbons (Fsp3) is 0.0769. The summed E-state index contributed by atoms with van der Waals surface area (Å²) in [5.41, 5.74) is 1.24. The first-order chi connectivity index (χ1) is 9.51. The van der Waals surface area contributed by atoms with Crippen LogP contribution in [0.15, 0.2) is 30.5 Å². The van der Waals surface area contributed by atoms with E-state index in [1.807, 2.05) is 12.1 Å². The molecule has 0 spiro atoms. The van der Waals surface area contributed by atoms with Crippen molar-refractivity contribution in [2.75, 3.05) is 6.61 Å². The van der Waals surface area contributed by atoms with Crippen LogP contribution in [0.5, 0.6) is 5.75 Å². The highest BCUT2D eigenvalue weighted by Gasteiger charge is 2.21. The number of rotatable bonds is 4. The lowest BCUT2D eigenvalue weighted by atomic mass is 10.1. The van der Waals surface area contributed by atoms with Crippen LogP contribution >= 0.6 is 57.4 Å². The van der Waals surface area contributed by atoms with Crippen LogP contribution in [0.1, 0.15) is 5.56 Å². The number of nitrogens with one attached hydrogen (secondary N) is 2. The van der Waals surface area contributed by atoms with Gasteiger partial charge in [0.15, 0.2) is 5.11 Å². The van der Waals surface area contributed by atoms with Gasteiger partial charge in [-0.15, -0.1) is 0 Å². The smallest absolute Gasteiger partial charge is 0.273 e. The van der Waals surface area contributed by atoms with Crippen molar-refractivity contribution in [1.82, 2.24) is 10.6 Å². The summed E-state index contributed by atoms with van der Waals surface area (Å²) < 4.78 is 7.72. The third-order valence-corrected chi connectivity index (χ3v) is 4.03. The fourth-order valence-electron chi connectivity index (χ4n) is 1.62. The number of carbonyl (C=O) groups is 1. The minimum atomic E-state index is -0.237. The summed E-state index contributed by atoms with van der Waals surface area (Å²) in [6.45, 7) is 4.05. The van der Waals surface area contributed by atoms with Gasteiger partial charge >= 0.3 is 0 Å². The van der Waals surface area contributed by atoms with Gasteiger partial charge in [0.05, 0.1) is 3.57 Å². The van der Waals surface area contributed by atoms with E-state index in [0.29, 0.717) is 17.4 Å². The predicted octanol–water partition coefficient (Wildman–Crippen LogP) is 2.81. The van der Waals surface area contributed by atoms with Crippen molar-refractivity contribution in [2.45, 2.75) is 0 Å². The summed E-state index contributed by atoms with van der Waals surface area (Å²) >= 11 is 9.34. The van der Waals surface area contributed by atoms with Gasteiger partial charge in [0.2, 0.25) is 0 Å². The first kappa shape index (κ1) is 15.7. The van der Waals surface area contributed by atoms with Gasteiger partial charge in [-0.3, -0.25) is 10.1 Å². The van der Waals surface area contributed by atoms with Gasteiger partial charge in [-0.25, -0.2) is 0 Å². The van der Waals surface area contributed by atoms with Crippen LogP contribution in [-0.2, 0) is 4.79 Å². The molecule has 1 saturated heterocycles. The number of thiocarbonyl (C=S) groups is 1. The lowest BCUT2D eigenvalue weighted by molar-refractivity contribution is -0.115. The van der Waals surface area contributed by atoms with Gasteiger partial charge in [-0.05, 0) is 75.6 Å². The molecule has 0 radical (unpaired) electrons. The van der Waals surface area contributed by atoms with E-state index >= 15 is 0 Å². The second kappa shape index (κ2) is 6.85. The minimum absolute atomic E-state index is 0.237. The Balaban J connectivity index is 2.44. The van der Waals surface area contributed by atoms with E-state index in [2.05, 4.69) is 62.4 Å². The summed E-state index contributed by atoms with van der Waals surface area (Å²) in [5, 5.41) is 5.67. The second-order valence-corrected chi connectivity index (χ2v) is 6.69. The number of hydrogen-bond acceptors (Lipinski definition) is 3. The van der Waals surface area contributed by atoms with Crippen LogP contribution in [0, 0.1) is 7.14 Å². The normalized spacial score (nSPS) is 16.0. The lowest BCUT2D eigenvalue weighted by Gasteiger charge is -2.11. The number of halogens is 2. The summed E-state index contributed by atoms with van der Waals surface area (Å²) in [7, 11) is 0. The molecule has 0 aromatic heterocycles. The molecule has 1 aromatic carbocycles. The Morgan fingerprint density at radius 2 is 2.10 bits per heavy atom. The summed E-state index contributed by atoms with van der Waals surface area (Å²) in [6, 6.07) is 3.96. The molecule has 4 nitrogen and oxygen atoms in total. The van der Waals surface area contributed by atoms with Crippen molar-refractivity contribution in [3.8, 4) is 5.75 Å². The standard InChI is InChI=1S/C13H10I2N2O2S/c1-2-3-19-11-7(4-8(14)6-9(11)15)5-10-12(18)17-13(20)16-10/h2,4-6H,1,3H2,(H2,16,17,18,20)/b10-5+. The van der Waals surface area contributed by atoms with Crippen molar-refractivity contribution in [2.24, 2.45) is 0 Å². The molecule has 1 aliphatic rings. The molecule has 0 bridgehead atoms. The first-order valence-corrected chi connectivity index (χ1v) is 8.14. The van der Waals surface area contributed by atoms with Crippen LogP contribution in [0.3, 0.4) is 0 Å². The molecule has 104 valence electrons. The van der Waals surface area contributed by atoms with Crippen LogP contribution < -0.4 is 15.4 Å². The Morgan fingerprint density at radius 3 is 2.70 bits per heavy atom. The van der Waals surface area contributed by atoms with Gasteiger partial charge < -0.3 is 10.1 Å². The van der Waals surface area contributed by atoms with Crippen LogP contribution in [0.4, 0.5) is 0 Å². The largest absolute Gasteiger partial charge is 0.488 e. The molecule has 1 fully saturated rings. The molecular weight excluding hydrogens is 502 g/mol. The number of benzene rings is 1. The van der Waals surface area contributed by atoms with Crippen LogP contribution in [0.25, 0.3) is 6.08 Å². The van der Waals surface area contributed by atoms with Gasteiger partial charge in [-0.1, -0.05) is 12.7 Å². The molecule has 0 saturated carbocycles. The highest BCUT2D eigenvalue weighted by Crippen LogP contribution is 2.30. The zero-order valence-electron chi connectivity index (χ0n) is 10.2. The maximum atomic E-state index is 11.7. The Kier molecular flexibility index (Phi) is 5.38. The zero-order valence-corrected chi connectivity index (χ0v) is 15.3. The molecule has 0 unspecified atom stereocenters. The van der Waals surface area contributed by atoms with E-state index in [1.54, 1.807) is 12.2 Å². The average Bonchev–Trinajstić information content (AvgIpc) is 2.66. The SMILES string of the molecule is C=CCOc1c(I)cc(I)cc1/C=C1/NC(=S)NC1=O. The van der Waals surface area contributed by atoms with Crippen LogP contribution in [-0.4, -0.2) is 17.6 Å². The maximum absolute atomic E-state index is 11.7. The zero-order chi connectivity index (χ0) is 14.7. The third-order valence-electron chi connectivity index (χ3n) is 2.40. The van der Waals surface area contributed by atoms with E-state index < -0.39 is 0 Å². The molecule has 0 aliphatic carbocycles. The van der Waals surface area contributed by atoms with Gasteiger partial charge in [0.1, 0.15) is 18.1 Å². The van der Waals surface area contributed by atoms with E-state index in [9.17, 15) is 4.79 Å². The Hall–Kier alpha value is -0.680. The molecular formula is C13H10I2N2O2S. The predicted molar refractivity (Wildman–Crippen MR) is 99.4 cm³/mol. The molecule has 2 N–H and O–H groups in total. The molecule has 1 heterocycles. The van der Waals surface area contributed by atoms with Gasteiger partial charge in [-0.2, -0.15) is 0 Å². The Labute approximate surface area is 149 Å². The molecule has 0 atom stereocenters. The second-order valence-electron chi connectivity index (χ2n) is 3.87. The minimum Gasteiger partial charge on any atom is -0.488 e. The number of amides is 1. The number of carbonyl (C=O) groups excluding carboxylic acids is 1. The molecule has 1 aromatic rings. The van der Waals surface area contributed by atoms with Crippen molar-refractivity contribution < 1.29 is 9.53 Å². The third kappa shape index (κ3) is 3.70. The quantitative estimate of drug-likeness (QED) is 0.282. The highest BCUT2D eigenvalue weighted by molar-refractivity contribution is 14.1. The van der Waals surface area contributed by atoms with Crippen molar-refractivity contribution in [3.05, 3.63) is 43.2 Å². The van der Waals surface area contributed by atoms with Gasteiger partial charge in [0, 0.05) is 9.13 Å². The van der Waals surface area contributed by atoms with Crippen LogP contribution in [0.2, 0.25) is 0 Å². The average molecular weight is 512 g/mol. The van der Waals surface area contributed by atoms with Gasteiger partial charge in [0.25, 0.3) is 5.91 Å². The number of ether oxygens (including phenoxy) is 1. The molecule has 1 aliphatic heterocycles. The van der Waals surface area contributed by atoms with Crippen molar-refractivity contribution in [3.63, 3.8) is 0 Å². The van der Waals surface area contributed by atoms with E-state index in [4.69, 9.17) is 17.0 Å². The van der Waals surface area contributed by atoms with Crippen molar-refractivity contribution in [1.29, 1.82) is 0 Å². The van der Waals surface area contributed by atoms with E-state index in [-0.39, 0.29) is 5.91 Å². The molecule has 7 heteroatoms. The van der Waals surface area contributed by atoms with E-state index in [0.717, 1.165) is 18.5 Å². The number of hydrogen-bond donors (Lipinski definition) is 2. The molecule has 2 rings (SSSR count). The first-order valence-electron chi connectivity index (χ1n) is 5.58. The fourth-order valence-corrected chi connectivity index (χ4v) is 3.87. The molecule has 20 heavy (non-hydrogen) atoms. The highest BCUT2D eigenvalue weighted by atomic mass is 127. The lowest BCUT2D eigenvalue weighted by Crippen LogP contribution is -2.21. The van der Waals surface area contributed by atoms with Crippen molar-refractivity contribution >= 4 is 74.5 Å². The molecule has 1 amide bonds. The maximum Gasteiger partial charge on any atom is 0.273 e. The summed E-state index contributed by atoms with van der Waals surface area (Å²) in [5.74, 6) is 0.490. The topological polar surface area (TPSA) is 50.4 Å². The Morgan fingerprint density at radius 1 is 1.35 bits per heavy atom. The summed E-state index contributed by atoms with van der Waals surface area (Å²) in [4.78, 5) is 11.7. The monoisotopic (exact) mass is 512 g/mol. The Bertz CT molecular complexity index is 629. The summed E-state index contributed by atoms with van der Waals surface area (Å²) in [6.07, 6.45) is 3.41. The van der Waals surface area contributed by atoms with E-state index in [1.165, 1.54) is 0 Å².